The monoisotopic (exact) mass is 192 g/mol. The van der Waals surface area contributed by atoms with Crippen LogP contribution in [0.3, 0.4) is 0 Å². The number of hydrogen-bond acceptors (Lipinski definition) is 3. The molecule has 0 heterocycles. The molecule has 0 fully saturated rings. The average molecular weight is 192 g/mol. The fourth-order valence-corrected chi connectivity index (χ4v) is 2.07. The lowest BCUT2D eigenvalue weighted by atomic mass is 9.87. The van der Waals surface area contributed by atoms with Crippen LogP contribution < -0.4 is 16.2 Å². The van der Waals surface area contributed by atoms with Crippen molar-refractivity contribution in [2.24, 2.45) is 5.73 Å². The van der Waals surface area contributed by atoms with Gasteiger partial charge in [-0.05, 0) is 42.5 Å². The highest BCUT2D eigenvalue weighted by molar-refractivity contribution is 5.58. The molecule has 3 nitrogen and oxygen atoms in total. The largest absolute Gasteiger partial charge is 0.495 e. The van der Waals surface area contributed by atoms with E-state index in [4.69, 9.17) is 16.2 Å². The lowest BCUT2D eigenvalue weighted by Gasteiger charge is -2.23. The number of nitrogen functional groups attached to an aromatic ring is 1. The van der Waals surface area contributed by atoms with Gasteiger partial charge >= 0.3 is 0 Å². The van der Waals surface area contributed by atoms with E-state index in [-0.39, 0.29) is 6.04 Å². The van der Waals surface area contributed by atoms with Gasteiger partial charge in [-0.1, -0.05) is 0 Å². The Morgan fingerprint density at radius 3 is 2.93 bits per heavy atom. The van der Waals surface area contributed by atoms with Gasteiger partial charge in [0.15, 0.2) is 0 Å². The van der Waals surface area contributed by atoms with E-state index < -0.39 is 0 Å². The first kappa shape index (κ1) is 9.34. The maximum Gasteiger partial charge on any atom is 0.142 e. The molecule has 76 valence electrons. The van der Waals surface area contributed by atoms with Crippen LogP contribution in [-0.4, -0.2) is 7.11 Å². The molecular formula is C11H16N2O. The SMILES string of the molecule is COc1cc2c(cc1N)CCC[C@@H]2N. The first-order valence-corrected chi connectivity index (χ1v) is 4.94. The molecule has 0 aromatic heterocycles. The first-order chi connectivity index (χ1) is 6.72. The molecule has 1 aromatic rings. The molecule has 0 saturated carbocycles. The summed E-state index contributed by atoms with van der Waals surface area (Å²) in [4.78, 5) is 0. The van der Waals surface area contributed by atoms with E-state index in [0.717, 1.165) is 25.0 Å². The van der Waals surface area contributed by atoms with Gasteiger partial charge in [-0.15, -0.1) is 0 Å². The fourth-order valence-electron chi connectivity index (χ4n) is 2.07. The molecule has 1 aliphatic carbocycles. The van der Waals surface area contributed by atoms with Crippen LogP contribution in [0.1, 0.15) is 30.0 Å². The van der Waals surface area contributed by atoms with E-state index in [0.29, 0.717) is 5.69 Å². The van der Waals surface area contributed by atoms with Crippen LogP contribution in [0.15, 0.2) is 12.1 Å². The molecule has 0 aliphatic heterocycles. The lowest BCUT2D eigenvalue weighted by Crippen LogP contribution is -2.17. The molecule has 14 heavy (non-hydrogen) atoms. The van der Waals surface area contributed by atoms with Gasteiger partial charge in [0, 0.05) is 6.04 Å². The summed E-state index contributed by atoms with van der Waals surface area (Å²) in [7, 11) is 1.63. The summed E-state index contributed by atoms with van der Waals surface area (Å²) in [6.45, 7) is 0. The van der Waals surface area contributed by atoms with Gasteiger partial charge in [-0.25, -0.2) is 0 Å². The van der Waals surface area contributed by atoms with Gasteiger partial charge in [0.25, 0.3) is 0 Å². The Bertz CT molecular complexity index is 349. The Morgan fingerprint density at radius 1 is 1.43 bits per heavy atom. The summed E-state index contributed by atoms with van der Waals surface area (Å²) >= 11 is 0. The van der Waals surface area contributed by atoms with Gasteiger partial charge in [0.2, 0.25) is 0 Å². The Balaban J connectivity index is 2.49. The predicted octanol–water partition coefficient (Wildman–Crippen LogP) is 1.61. The minimum atomic E-state index is 0.147. The van der Waals surface area contributed by atoms with Crippen LogP contribution in [0.4, 0.5) is 5.69 Å². The second-order valence-electron chi connectivity index (χ2n) is 3.79. The van der Waals surface area contributed by atoms with E-state index in [1.54, 1.807) is 7.11 Å². The number of rotatable bonds is 1. The Morgan fingerprint density at radius 2 is 2.21 bits per heavy atom. The Labute approximate surface area is 84.0 Å². The molecule has 0 unspecified atom stereocenters. The third-order valence-corrected chi connectivity index (χ3v) is 2.85. The molecule has 2 rings (SSSR count). The van der Waals surface area contributed by atoms with Gasteiger partial charge in [-0.3, -0.25) is 0 Å². The normalized spacial score (nSPS) is 20.3. The van der Waals surface area contributed by atoms with Crippen LogP contribution in [0.2, 0.25) is 0 Å². The summed E-state index contributed by atoms with van der Waals surface area (Å²) < 4.78 is 5.18. The Hall–Kier alpha value is -1.22. The highest BCUT2D eigenvalue weighted by Gasteiger charge is 2.18. The zero-order valence-electron chi connectivity index (χ0n) is 8.42. The van der Waals surface area contributed by atoms with Gasteiger partial charge < -0.3 is 16.2 Å². The minimum absolute atomic E-state index is 0.147. The van der Waals surface area contributed by atoms with E-state index in [2.05, 4.69) is 0 Å². The summed E-state index contributed by atoms with van der Waals surface area (Å²) in [6.07, 6.45) is 3.29. The third kappa shape index (κ3) is 1.44. The maximum absolute atomic E-state index is 6.02. The number of ether oxygens (including phenoxy) is 1. The summed E-state index contributed by atoms with van der Waals surface area (Å²) in [5.41, 5.74) is 15.0. The van der Waals surface area contributed by atoms with Crippen LogP contribution in [-0.2, 0) is 6.42 Å². The zero-order valence-corrected chi connectivity index (χ0v) is 8.42. The van der Waals surface area contributed by atoms with E-state index in [1.807, 2.05) is 12.1 Å². The Kier molecular flexibility index (Phi) is 2.33. The molecule has 0 radical (unpaired) electrons. The molecule has 1 aliphatic rings. The minimum Gasteiger partial charge on any atom is -0.495 e. The summed E-state index contributed by atoms with van der Waals surface area (Å²) in [6, 6.07) is 4.12. The number of methoxy groups -OCH3 is 1. The molecule has 0 spiro atoms. The van der Waals surface area contributed by atoms with Crippen molar-refractivity contribution >= 4 is 5.69 Å². The number of benzene rings is 1. The molecule has 1 atom stereocenters. The van der Waals surface area contributed by atoms with Crippen molar-refractivity contribution in [3.8, 4) is 5.75 Å². The van der Waals surface area contributed by atoms with Crippen molar-refractivity contribution in [2.45, 2.75) is 25.3 Å². The number of anilines is 1. The quantitative estimate of drug-likeness (QED) is 0.664. The topological polar surface area (TPSA) is 61.3 Å². The highest BCUT2D eigenvalue weighted by atomic mass is 16.5. The maximum atomic E-state index is 6.02. The van der Waals surface area contributed by atoms with E-state index >= 15 is 0 Å². The van der Waals surface area contributed by atoms with E-state index in [9.17, 15) is 0 Å². The molecule has 3 heteroatoms. The second kappa shape index (κ2) is 3.50. The molecule has 0 saturated heterocycles. The molecule has 0 bridgehead atoms. The van der Waals surface area contributed by atoms with Crippen LogP contribution in [0, 0.1) is 0 Å². The van der Waals surface area contributed by atoms with Crippen LogP contribution in [0.5, 0.6) is 5.75 Å². The van der Waals surface area contributed by atoms with Crippen LogP contribution in [0.25, 0.3) is 0 Å². The summed E-state index contributed by atoms with van der Waals surface area (Å²) in [5.74, 6) is 0.737. The van der Waals surface area contributed by atoms with Crippen molar-refractivity contribution in [2.75, 3.05) is 12.8 Å². The first-order valence-electron chi connectivity index (χ1n) is 4.94. The van der Waals surface area contributed by atoms with Crippen molar-refractivity contribution in [3.63, 3.8) is 0 Å². The average Bonchev–Trinajstić information content (AvgIpc) is 2.17. The third-order valence-electron chi connectivity index (χ3n) is 2.85. The number of aryl methyl sites for hydroxylation is 1. The smallest absolute Gasteiger partial charge is 0.142 e. The second-order valence-corrected chi connectivity index (χ2v) is 3.79. The molecule has 1 aromatic carbocycles. The highest BCUT2D eigenvalue weighted by Crippen LogP contribution is 2.34. The van der Waals surface area contributed by atoms with Gasteiger partial charge in [-0.2, -0.15) is 0 Å². The van der Waals surface area contributed by atoms with E-state index in [1.165, 1.54) is 11.1 Å². The van der Waals surface area contributed by atoms with Gasteiger partial charge in [0.1, 0.15) is 5.75 Å². The summed E-state index contributed by atoms with van der Waals surface area (Å²) in [5, 5.41) is 0. The number of fused-ring (bicyclic) bond motifs is 1. The van der Waals surface area contributed by atoms with Crippen molar-refractivity contribution in [1.82, 2.24) is 0 Å². The van der Waals surface area contributed by atoms with Crippen molar-refractivity contribution in [1.29, 1.82) is 0 Å². The number of hydrogen-bond donors (Lipinski definition) is 2. The zero-order chi connectivity index (χ0) is 10.1. The van der Waals surface area contributed by atoms with Gasteiger partial charge in [0.05, 0.1) is 12.8 Å². The lowest BCUT2D eigenvalue weighted by molar-refractivity contribution is 0.414. The van der Waals surface area contributed by atoms with Crippen molar-refractivity contribution < 1.29 is 4.74 Å². The number of nitrogens with two attached hydrogens (primary N) is 2. The van der Waals surface area contributed by atoms with Crippen LogP contribution >= 0.6 is 0 Å². The van der Waals surface area contributed by atoms with Crippen molar-refractivity contribution in [3.05, 3.63) is 23.3 Å². The standard InChI is InChI=1S/C11H16N2O/c1-14-11-6-8-7(5-10(11)13)3-2-4-9(8)12/h5-6,9H,2-4,12-13H2,1H3/t9-/m0/s1. The molecule has 0 amide bonds. The molecular weight excluding hydrogens is 176 g/mol. The predicted molar refractivity (Wildman–Crippen MR) is 57.3 cm³/mol. The molecule has 4 N–H and O–H groups in total. The fraction of sp³-hybridized carbons (Fsp3) is 0.455.